The normalized spacial score (nSPS) is 12.6. The van der Waals surface area contributed by atoms with Crippen LogP contribution in [-0.4, -0.2) is 38.5 Å². The van der Waals surface area contributed by atoms with Crippen LogP contribution in [0.25, 0.3) is 10.9 Å². The van der Waals surface area contributed by atoms with E-state index in [2.05, 4.69) is 10.3 Å². The summed E-state index contributed by atoms with van der Waals surface area (Å²) in [4.78, 5) is 4.51. The average molecular weight is 275 g/mol. The molecule has 0 aliphatic carbocycles. The molecule has 2 aromatic rings. The Bertz CT molecular complexity index is 587. The molecule has 5 heteroatoms. The van der Waals surface area contributed by atoms with Crippen LogP contribution in [0.5, 0.6) is 0 Å². The summed E-state index contributed by atoms with van der Waals surface area (Å²) in [7, 11) is 3.35. The molecule has 1 aromatic heterocycles. The van der Waals surface area contributed by atoms with Crippen LogP contribution in [0.3, 0.4) is 0 Å². The molecule has 2 rings (SSSR count). The van der Waals surface area contributed by atoms with E-state index in [4.69, 9.17) is 15.2 Å². The summed E-state index contributed by atoms with van der Waals surface area (Å²) in [5.74, 6) is 0. The Morgan fingerprint density at radius 2 is 2.10 bits per heavy atom. The zero-order valence-corrected chi connectivity index (χ0v) is 12.1. The number of ether oxygens (including phenoxy) is 2. The van der Waals surface area contributed by atoms with E-state index in [0.717, 1.165) is 28.0 Å². The maximum atomic E-state index is 5.86. The summed E-state index contributed by atoms with van der Waals surface area (Å²) in [5, 5.41) is 4.41. The largest absolute Gasteiger partial charge is 0.399 e. The van der Waals surface area contributed by atoms with Crippen molar-refractivity contribution in [2.45, 2.75) is 13.0 Å². The van der Waals surface area contributed by atoms with Gasteiger partial charge >= 0.3 is 0 Å². The van der Waals surface area contributed by atoms with E-state index in [0.29, 0.717) is 13.2 Å². The smallest absolute Gasteiger partial charge is 0.0976 e. The van der Waals surface area contributed by atoms with Crippen LogP contribution in [0, 0.1) is 6.92 Å². The van der Waals surface area contributed by atoms with Gasteiger partial charge in [-0.25, -0.2) is 0 Å². The van der Waals surface area contributed by atoms with Crippen molar-refractivity contribution in [2.24, 2.45) is 0 Å². The minimum Gasteiger partial charge on any atom is -0.399 e. The first-order chi connectivity index (χ1) is 9.63. The third-order valence-electron chi connectivity index (χ3n) is 3.17. The first-order valence-electron chi connectivity index (χ1n) is 6.56. The Morgan fingerprint density at radius 1 is 1.30 bits per heavy atom. The Balaban J connectivity index is 2.26. The van der Waals surface area contributed by atoms with Crippen molar-refractivity contribution in [2.75, 3.05) is 38.4 Å². The molecular weight excluding hydrogens is 254 g/mol. The van der Waals surface area contributed by atoms with E-state index in [1.165, 1.54) is 0 Å². The van der Waals surface area contributed by atoms with E-state index in [1.54, 1.807) is 14.2 Å². The van der Waals surface area contributed by atoms with Crippen molar-refractivity contribution < 1.29 is 9.47 Å². The number of fused-ring (bicyclic) bond motifs is 1. The lowest BCUT2D eigenvalue weighted by Crippen LogP contribution is -2.26. The molecule has 0 bridgehead atoms. The number of hydrogen-bond acceptors (Lipinski definition) is 5. The average Bonchev–Trinajstić information content (AvgIpc) is 2.43. The summed E-state index contributed by atoms with van der Waals surface area (Å²) in [6.45, 7) is 3.19. The first kappa shape index (κ1) is 14.6. The maximum Gasteiger partial charge on any atom is 0.0976 e. The number of nitrogens with two attached hydrogens (primary N) is 1. The monoisotopic (exact) mass is 275 g/mol. The molecular formula is C15H21N3O2. The van der Waals surface area contributed by atoms with E-state index in [1.807, 2.05) is 31.2 Å². The second kappa shape index (κ2) is 6.54. The predicted molar refractivity (Wildman–Crippen MR) is 82.1 cm³/mol. The molecule has 0 radical (unpaired) electrons. The number of rotatable bonds is 6. The highest BCUT2D eigenvalue weighted by Gasteiger charge is 2.09. The fourth-order valence-corrected chi connectivity index (χ4v) is 2.14. The van der Waals surface area contributed by atoms with Gasteiger partial charge < -0.3 is 20.5 Å². The maximum absolute atomic E-state index is 5.86. The Hall–Kier alpha value is -1.85. The van der Waals surface area contributed by atoms with Crippen LogP contribution in [0.1, 0.15) is 5.69 Å². The lowest BCUT2D eigenvalue weighted by molar-refractivity contribution is 0.0366. The van der Waals surface area contributed by atoms with Gasteiger partial charge in [0.1, 0.15) is 0 Å². The number of pyridine rings is 1. The minimum atomic E-state index is 0.00424. The van der Waals surface area contributed by atoms with Crippen molar-refractivity contribution in [3.05, 3.63) is 30.0 Å². The van der Waals surface area contributed by atoms with Crippen LogP contribution >= 0.6 is 0 Å². The van der Waals surface area contributed by atoms with E-state index < -0.39 is 0 Å². The highest BCUT2D eigenvalue weighted by atomic mass is 16.5. The zero-order chi connectivity index (χ0) is 14.5. The lowest BCUT2D eigenvalue weighted by Gasteiger charge is -2.17. The van der Waals surface area contributed by atoms with Crippen LogP contribution in [-0.2, 0) is 9.47 Å². The van der Waals surface area contributed by atoms with E-state index >= 15 is 0 Å². The second-order valence-corrected chi connectivity index (χ2v) is 4.78. The highest BCUT2D eigenvalue weighted by molar-refractivity contribution is 5.93. The quantitative estimate of drug-likeness (QED) is 0.791. The number of nitrogen functional groups attached to an aromatic ring is 1. The van der Waals surface area contributed by atoms with Gasteiger partial charge in [-0.2, -0.15) is 0 Å². The molecule has 20 heavy (non-hydrogen) atoms. The van der Waals surface area contributed by atoms with Crippen LogP contribution in [0.15, 0.2) is 24.3 Å². The summed E-state index contributed by atoms with van der Waals surface area (Å²) in [6, 6.07) is 7.75. The van der Waals surface area contributed by atoms with Gasteiger partial charge in [0.15, 0.2) is 0 Å². The Labute approximate surface area is 119 Å². The number of methoxy groups -OCH3 is 2. The zero-order valence-electron chi connectivity index (χ0n) is 12.1. The summed E-state index contributed by atoms with van der Waals surface area (Å²) in [5.41, 5.74) is 9.50. The van der Waals surface area contributed by atoms with Crippen molar-refractivity contribution in [1.29, 1.82) is 0 Å². The van der Waals surface area contributed by atoms with Gasteiger partial charge in [-0.3, -0.25) is 4.98 Å². The Kier molecular flexibility index (Phi) is 4.76. The van der Waals surface area contributed by atoms with E-state index in [-0.39, 0.29) is 6.10 Å². The number of aromatic nitrogens is 1. The highest BCUT2D eigenvalue weighted by Crippen LogP contribution is 2.25. The number of aryl methyl sites for hydroxylation is 1. The molecule has 1 heterocycles. The summed E-state index contributed by atoms with van der Waals surface area (Å²) >= 11 is 0. The van der Waals surface area contributed by atoms with Gasteiger partial charge in [0.25, 0.3) is 0 Å². The topological polar surface area (TPSA) is 69.4 Å². The van der Waals surface area contributed by atoms with Crippen LogP contribution in [0.4, 0.5) is 11.4 Å². The SMILES string of the molecule is COCC(CNc1cc(C)nc2ccc(N)cc12)OC. The van der Waals surface area contributed by atoms with Gasteiger partial charge in [0, 0.05) is 43.2 Å². The third kappa shape index (κ3) is 3.37. The third-order valence-corrected chi connectivity index (χ3v) is 3.17. The summed E-state index contributed by atoms with van der Waals surface area (Å²) in [6.07, 6.45) is 0.00424. The van der Waals surface area contributed by atoms with Gasteiger partial charge in [0.2, 0.25) is 0 Å². The van der Waals surface area contributed by atoms with E-state index in [9.17, 15) is 0 Å². The molecule has 1 unspecified atom stereocenters. The number of nitrogens with one attached hydrogen (secondary N) is 1. The molecule has 0 aliphatic heterocycles. The standard InChI is InChI=1S/C15H21N3O2/c1-10-6-15(17-8-12(20-3)9-19-2)13-7-11(16)4-5-14(13)18-10/h4-7,12H,8-9,16H2,1-3H3,(H,17,18). The van der Waals surface area contributed by atoms with Crippen molar-refractivity contribution in [3.63, 3.8) is 0 Å². The molecule has 1 aromatic carbocycles. The molecule has 0 amide bonds. The molecule has 0 saturated carbocycles. The fraction of sp³-hybridized carbons (Fsp3) is 0.400. The van der Waals surface area contributed by atoms with Crippen molar-refractivity contribution in [3.8, 4) is 0 Å². The molecule has 108 valence electrons. The first-order valence-corrected chi connectivity index (χ1v) is 6.56. The van der Waals surface area contributed by atoms with Crippen molar-refractivity contribution >= 4 is 22.3 Å². The lowest BCUT2D eigenvalue weighted by atomic mass is 10.1. The predicted octanol–water partition coefficient (Wildman–Crippen LogP) is 2.20. The number of anilines is 2. The fourth-order valence-electron chi connectivity index (χ4n) is 2.14. The van der Waals surface area contributed by atoms with Gasteiger partial charge in [-0.15, -0.1) is 0 Å². The number of hydrogen-bond donors (Lipinski definition) is 2. The number of nitrogens with zero attached hydrogens (tertiary/aromatic N) is 1. The molecule has 0 spiro atoms. The minimum absolute atomic E-state index is 0.00424. The van der Waals surface area contributed by atoms with Crippen molar-refractivity contribution in [1.82, 2.24) is 4.98 Å². The van der Waals surface area contributed by atoms with Gasteiger partial charge in [0.05, 0.1) is 18.2 Å². The molecule has 3 N–H and O–H groups in total. The number of benzene rings is 1. The molecule has 0 fully saturated rings. The molecule has 5 nitrogen and oxygen atoms in total. The Morgan fingerprint density at radius 3 is 2.80 bits per heavy atom. The van der Waals surface area contributed by atoms with Gasteiger partial charge in [-0.1, -0.05) is 0 Å². The molecule has 0 saturated heterocycles. The van der Waals surface area contributed by atoms with Gasteiger partial charge in [-0.05, 0) is 31.2 Å². The van der Waals surface area contributed by atoms with Crippen LogP contribution in [0.2, 0.25) is 0 Å². The molecule has 1 atom stereocenters. The summed E-state index contributed by atoms with van der Waals surface area (Å²) < 4.78 is 10.5. The van der Waals surface area contributed by atoms with Crippen LogP contribution < -0.4 is 11.1 Å². The molecule has 0 aliphatic rings. The second-order valence-electron chi connectivity index (χ2n) is 4.78.